The molecule has 0 aliphatic rings. The van der Waals surface area contributed by atoms with Gasteiger partial charge in [0.15, 0.2) is 0 Å². The molecule has 1 radical (unpaired) electrons. The molecular formula is C2H5N2O. The normalized spacial score (nSPS) is 6.60. The first-order chi connectivity index (χ1) is 2.41. The van der Waals surface area contributed by atoms with Gasteiger partial charge in [0.25, 0.3) is 0 Å². The summed E-state index contributed by atoms with van der Waals surface area (Å²) in [6.45, 7) is 0.170. The molecule has 3 N–H and O–H groups in total. The van der Waals surface area contributed by atoms with E-state index >= 15 is 0 Å². The van der Waals surface area contributed by atoms with Crippen molar-refractivity contribution in [1.82, 2.24) is 5.32 Å². The van der Waals surface area contributed by atoms with Crippen molar-refractivity contribution >= 4 is 6.41 Å². The molecule has 0 heterocycles. The number of nitrogens with one attached hydrogen (secondary N) is 1. The molecule has 0 unspecified atom stereocenters. The van der Waals surface area contributed by atoms with Crippen molar-refractivity contribution in [3.63, 3.8) is 0 Å². The van der Waals surface area contributed by atoms with Crippen LogP contribution in [-0.4, -0.2) is 13.1 Å². The Morgan fingerprint density at radius 1 is 2.00 bits per heavy atom. The molecule has 0 fully saturated rings. The Balaban J connectivity index is 2.40. The lowest BCUT2D eigenvalue weighted by molar-refractivity contribution is 0.543. The van der Waals surface area contributed by atoms with E-state index in [1.54, 1.807) is 0 Å². The van der Waals surface area contributed by atoms with E-state index in [9.17, 15) is 0 Å². The minimum atomic E-state index is 0.170. The van der Waals surface area contributed by atoms with Crippen molar-refractivity contribution in [2.45, 2.75) is 0 Å². The summed E-state index contributed by atoms with van der Waals surface area (Å²) in [6.07, 6.45) is 1.39. The molecule has 1 amide bonds. The lowest BCUT2D eigenvalue weighted by Gasteiger charge is -1.77. The Kier molecular flexibility index (Phi) is 3.04. The SMILES string of the molecule is NCN[C]=O. The van der Waals surface area contributed by atoms with Crippen LogP contribution in [0.15, 0.2) is 0 Å². The van der Waals surface area contributed by atoms with Crippen LogP contribution in [0.1, 0.15) is 0 Å². The molecule has 0 spiro atoms. The molecule has 0 aromatic rings. The summed E-state index contributed by atoms with van der Waals surface area (Å²) in [4.78, 5) is 9.09. The molecule has 29 valence electrons. The molecule has 0 rings (SSSR count). The van der Waals surface area contributed by atoms with Crippen molar-refractivity contribution in [3.05, 3.63) is 0 Å². The molecule has 0 aromatic carbocycles. The summed E-state index contributed by atoms with van der Waals surface area (Å²) in [5.41, 5.74) is 4.77. The topological polar surface area (TPSA) is 55.1 Å². The highest BCUT2D eigenvalue weighted by molar-refractivity contribution is 5.46. The number of amides is 1. The lowest BCUT2D eigenvalue weighted by atomic mass is 11.1. The number of hydrogen-bond donors (Lipinski definition) is 2. The van der Waals surface area contributed by atoms with E-state index in [4.69, 9.17) is 10.5 Å². The quantitative estimate of drug-likeness (QED) is 0.310. The summed E-state index contributed by atoms with van der Waals surface area (Å²) < 4.78 is 0. The monoisotopic (exact) mass is 73.0 g/mol. The van der Waals surface area contributed by atoms with Crippen LogP contribution in [0.3, 0.4) is 0 Å². The maximum atomic E-state index is 9.09. The molecule has 0 saturated carbocycles. The predicted molar refractivity (Wildman–Crippen MR) is 17.9 cm³/mol. The number of hydrogen-bond acceptors (Lipinski definition) is 2. The Morgan fingerprint density at radius 3 is 2.60 bits per heavy atom. The first-order valence-electron chi connectivity index (χ1n) is 1.22. The molecule has 0 aromatic heterocycles. The first-order valence-corrected chi connectivity index (χ1v) is 1.22. The number of nitrogens with two attached hydrogens (primary N) is 1. The van der Waals surface area contributed by atoms with Gasteiger partial charge in [-0.2, -0.15) is 0 Å². The van der Waals surface area contributed by atoms with Crippen LogP contribution >= 0.6 is 0 Å². The van der Waals surface area contributed by atoms with Gasteiger partial charge in [-0.05, 0) is 0 Å². The fraction of sp³-hybridized carbons (Fsp3) is 0.500. The highest BCUT2D eigenvalue weighted by Crippen LogP contribution is 1.22. The highest BCUT2D eigenvalue weighted by Gasteiger charge is 1.61. The number of rotatable bonds is 2. The summed E-state index contributed by atoms with van der Waals surface area (Å²) in [5, 5.41) is 2.08. The second-order valence-corrected chi connectivity index (χ2v) is 0.483. The minimum Gasteiger partial charge on any atom is -0.336 e. The Bertz CT molecular complexity index is 28.8. The van der Waals surface area contributed by atoms with E-state index in [-0.39, 0.29) is 6.67 Å². The van der Waals surface area contributed by atoms with Gasteiger partial charge in [0.2, 0.25) is 0 Å². The van der Waals surface area contributed by atoms with Gasteiger partial charge in [-0.25, -0.2) is 0 Å². The average molecular weight is 73.1 g/mol. The third-order valence-electron chi connectivity index (χ3n) is 0.174. The van der Waals surface area contributed by atoms with Crippen LogP contribution in [0.2, 0.25) is 0 Å². The molecule has 0 atom stereocenters. The van der Waals surface area contributed by atoms with Crippen LogP contribution in [-0.2, 0) is 4.79 Å². The van der Waals surface area contributed by atoms with Crippen LogP contribution in [0.5, 0.6) is 0 Å². The van der Waals surface area contributed by atoms with Crippen LogP contribution in [0.25, 0.3) is 0 Å². The summed E-state index contributed by atoms with van der Waals surface area (Å²) in [7, 11) is 0. The van der Waals surface area contributed by atoms with E-state index in [2.05, 4.69) is 5.32 Å². The molecule has 0 aliphatic heterocycles. The zero-order chi connectivity index (χ0) is 4.12. The van der Waals surface area contributed by atoms with Gasteiger partial charge >= 0.3 is 6.41 Å². The van der Waals surface area contributed by atoms with E-state index in [1.165, 1.54) is 6.41 Å². The lowest BCUT2D eigenvalue weighted by Crippen LogP contribution is -2.19. The first kappa shape index (κ1) is 4.43. The van der Waals surface area contributed by atoms with Gasteiger partial charge in [0, 0.05) is 0 Å². The molecule has 3 heteroatoms. The molecule has 3 nitrogen and oxygen atoms in total. The van der Waals surface area contributed by atoms with Crippen molar-refractivity contribution in [2.75, 3.05) is 6.67 Å². The van der Waals surface area contributed by atoms with E-state index in [0.29, 0.717) is 0 Å². The largest absolute Gasteiger partial charge is 0.336 e. The Labute approximate surface area is 30.2 Å². The van der Waals surface area contributed by atoms with Gasteiger partial charge in [-0.15, -0.1) is 0 Å². The average Bonchev–Trinajstić information content (AvgIpc) is 1.41. The maximum absolute atomic E-state index is 9.09. The van der Waals surface area contributed by atoms with E-state index in [1.807, 2.05) is 0 Å². The fourth-order valence-electron chi connectivity index (χ4n) is 0.0417. The number of carbonyl (C=O) groups excluding carboxylic acids is 1. The zero-order valence-electron chi connectivity index (χ0n) is 2.69. The summed E-state index contributed by atoms with van der Waals surface area (Å²) in [6, 6.07) is 0. The van der Waals surface area contributed by atoms with Crippen molar-refractivity contribution in [2.24, 2.45) is 5.73 Å². The molecular weight excluding hydrogens is 68.0 g/mol. The third kappa shape index (κ3) is 3.43. The van der Waals surface area contributed by atoms with Crippen LogP contribution < -0.4 is 11.1 Å². The standard InChI is InChI=1S/C2H5N2O/c3-1-4-2-5/h1,3H2,(H,4,5). The summed E-state index contributed by atoms with van der Waals surface area (Å²) >= 11 is 0. The van der Waals surface area contributed by atoms with Crippen LogP contribution in [0, 0.1) is 0 Å². The van der Waals surface area contributed by atoms with Gasteiger partial charge in [-0.3, -0.25) is 4.79 Å². The van der Waals surface area contributed by atoms with Gasteiger partial charge in [0.05, 0.1) is 6.67 Å². The second kappa shape index (κ2) is 3.43. The van der Waals surface area contributed by atoms with Gasteiger partial charge in [0.1, 0.15) is 0 Å². The van der Waals surface area contributed by atoms with Crippen molar-refractivity contribution in [1.29, 1.82) is 0 Å². The Hall–Kier alpha value is -0.570. The zero-order valence-corrected chi connectivity index (χ0v) is 2.69. The van der Waals surface area contributed by atoms with Crippen LogP contribution in [0.4, 0.5) is 0 Å². The van der Waals surface area contributed by atoms with Crippen molar-refractivity contribution < 1.29 is 4.79 Å². The van der Waals surface area contributed by atoms with E-state index in [0.717, 1.165) is 0 Å². The third-order valence-corrected chi connectivity index (χ3v) is 0.174. The van der Waals surface area contributed by atoms with Crippen molar-refractivity contribution in [3.8, 4) is 0 Å². The predicted octanol–water partition coefficient (Wildman–Crippen LogP) is -1.44. The van der Waals surface area contributed by atoms with Gasteiger partial charge in [-0.1, -0.05) is 0 Å². The maximum Gasteiger partial charge on any atom is 0.310 e. The fourth-order valence-corrected chi connectivity index (χ4v) is 0.0417. The molecule has 0 bridgehead atoms. The summed E-state index contributed by atoms with van der Waals surface area (Å²) in [5.74, 6) is 0. The second-order valence-electron chi connectivity index (χ2n) is 0.483. The van der Waals surface area contributed by atoms with Gasteiger partial charge < -0.3 is 11.1 Å². The highest BCUT2D eigenvalue weighted by atomic mass is 16.1. The van der Waals surface area contributed by atoms with E-state index < -0.39 is 0 Å². The molecule has 0 aliphatic carbocycles. The Morgan fingerprint density at radius 2 is 2.60 bits per heavy atom. The molecule has 0 saturated heterocycles. The molecule has 5 heavy (non-hydrogen) atoms. The smallest absolute Gasteiger partial charge is 0.310 e. The minimum absolute atomic E-state index is 0.170.